The molecular weight excluding hydrogens is 428 g/mol. The predicted octanol–water partition coefficient (Wildman–Crippen LogP) is 4.89. The van der Waals surface area contributed by atoms with E-state index in [1.165, 1.54) is 67.6 Å². The Balaban J connectivity index is 1.84. The highest BCUT2D eigenvalue weighted by Gasteiger charge is 2.18. The summed E-state index contributed by atoms with van der Waals surface area (Å²) in [6.45, 7) is 1.31. The van der Waals surface area contributed by atoms with Gasteiger partial charge in [-0.15, -0.1) is 0 Å². The molecule has 1 N–H and O–H groups in total. The Morgan fingerprint density at radius 2 is 1.87 bits per heavy atom. The minimum absolute atomic E-state index is 0.0751. The maximum absolute atomic E-state index is 13.9. The Morgan fingerprint density at radius 3 is 2.55 bits per heavy atom. The molecule has 6 nitrogen and oxygen atoms in total. The molecule has 0 saturated heterocycles. The van der Waals surface area contributed by atoms with Crippen molar-refractivity contribution < 1.29 is 23.1 Å². The van der Waals surface area contributed by atoms with Gasteiger partial charge in [0.2, 0.25) is 11.8 Å². The minimum atomic E-state index is -0.582. The summed E-state index contributed by atoms with van der Waals surface area (Å²) >= 11 is 5.97. The number of carbonyl (C=O) groups is 2. The van der Waals surface area contributed by atoms with E-state index in [4.69, 9.17) is 16.3 Å². The molecule has 1 aromatic heterocycles. The molecule has 0 radical (unpaired) electrons. The summed E-state index contributed by atoms with van der Waals surface area (Å²) in [4.78, 5) is 30.0. The smallest absolute Gasteiger partial charge is 0.229 e. The average Bonchev–Trinajstić information content (AvgIpc) is 2.70. The van der Waals surface area contributed by atoms with Crippen molar-refractivity contribution in [3.8, 4) is 5.75 Å². The number of amides is 2. The van der Waals surface area contributed by atoms with Crippen molar-refractivity contribution in [1.82, 2.24) is 4.98 Å². The lowest BCUT2D eigenvalue weighted by atomic mass is 10.1. The molecule has 0 bridgehead atoms. The molecule has 3 aromatic rings. The molecule has 0 atom stereocenters. The van der Waals surface area contributed by atoms with Crippen LogP contribution in [0.15, 0.2) is 54.7 Å². The summed E-state index contributed by atoms with van der Waals surface area (Å²) in [6.07, 6.45) is 1.33. The number of hydrogen-bond acceptors (Lipinski definition) is 4. The van der Waals surface area contributed by atoms with Crippen molar-refractivity contribution in [3.63, 3.8) is 0 Å². The molecular formula is C22H18ClF2N3O3. The SMILES string of the molecule is COc1cc(F)cc(N(C(C)=O)c2cc(NC(=O)Cc3ccc(F)cc3Cl)ccn2)c1. The van der Waals surface area contributed by atoms with Gasteiger partial charge in [-0.1, -0.05) is 17.7 Å². The highest BCUT2D eigenvalue weighted by Crippen LogP contribution is 2.30. The zero-order valence-electron chi connectivity index (χ0n) is 16.7. The van der Waals surface area contributed by atoms with Gasteiger partial charge in [0, 0.05) is 42.0 Å². The molecule has 2 amide bonds. The third-order valence-electron chi connectivity index (χ3n) is 4.29. The largest absolute Gasteiger partial charge is 0.497 e. The molecule has 1 heterocycles. The number of rotatable bonds is 6. The summed E-state index contributed by atoms with van der Waals surface area (Å²) in [5, 5.41) is 2.83. The van der Waals surface area contributed by atoms with Gasteiger partial charge in [0.25, 0.3) is 0 Å². The van der Waals surface area contributed by atoms with E-state index in [1.54, 1.807) is 0 Å². The fourth-order valence-corrected chi connectivity index (χ4v) is 3.17. The number of nitrogens with zero attached hydrogens (tertiary/aromatic N) is 2. The molecule has 0 aliphatic heterocycles. The number of ether oxygens (including phenoxy) is 1. The standard InChI is InChI=1S/C22H18ClF2N3O3/c1-13(29)28(18-8-16(25)9-19(12-18)31-2)21-11-17(5-6-26-21)27-22(30)7-14-3-4-15(24)10-20(14)23/h3-6,8-12H,7H2,1-2H3,(H,26,27,30). The van der Waals surface area contributed by atoms with Gasteiger partial charge < -0.3 is 10.1 Å². The third-order valence-corrected chi connectivity index (χ3v) is 4.64. The van der Waals surface area contributed by atoms with Gasteiger partial charge in [-0.2, -0.15) is 0 Å². The first-order valence-corrected chi connectivity index (χ1v) is 9.49. The Labute approximate surface area is 182 Å². The molecule has 160 valence electrons. The first kappa shape index (κ1) is 22.2. The molecule has 31 heavy (non-hydrogen) atoms. The number of carbonyl (C=O) groups excluding carboxylic acids is 2. The predicted molar refractivity (Wildman–Crippen MR) is 114 cm³/mol. The van der Waals surface area contributed by atoms with E-state index in [0.29, 0.717) is 11.3 Å². The molecule has 3 rings (SSSR count). The van der Waals surface area contributed by atoms with E-state index in [2.05, 4.69) is 10.3 Å². The summed E-state index contributed by atoms with van der Waals surface area (Å²) < 4.78 is 32.2. The molecule has 0 spiro atoms. The fourth-order valence-electron chi connectivity index (χ4n) is 2.93. The van der Waals surface area contributed by atoms with E-state index in [9.17, 15) is 18.4 Å². The molecule has 0 fully saturated rings. The summed E-state index contributed by atoms with van der Waals surface area (Å²) in [6, 6.07) is 10.7. The molecule has 0 unspecified atom stereocenters. The van der Waals surface area contributed by atoms with Crippen LogP contribution in [0.3, 0.4) is 0 Å². The maximum atomic E-state index is 13.9. The molecule has 0 aliphatic carbocycles. The summed E-state index contributed by atoms with van der Waals surface area (Å²) in [5.41, 5.74) is 1.05. The van der Waals surface area contributed by atoms with E-state index >= 15 is 0 Å². The van der Waals surface area contributed by atoms with E-state index < -0.39 is 23.4 Å². The van der Waals surface area contributed by atoms with Crippen LogP contribution in [0.2, 0.25) is 5.02 Å². The van der Waals surface area contributed by atoms with E-state index in [1.807, 2.05) is 0 Å². The lowest BCUT2D eigenvalue weighted by molar-refractivity contribution is -0.116. The third kappa shape index (κ3) is 5.55. The van der Waals surface area contributed by atoms with Crippen molar-refractivity contribution in [3.05, 3.63) is 76.9 Å². The van der Waals surface area contributed by atoms with Gasteiger partial charge in [-0.05, 0) is 29.8 Å². The van der Waals surface area contributed by atoms with Crippen molar-refractivity contribution in [2.24, 2.45) is 0 Å². The number of pyridine rings is 1. The quantitative estimate of drug-likeness (QED) is 0.586. The van der Waals surface area contributed by atoms with Gasteiger partial charge in [-0.25, -0.2) is 13.8 Å². The van der Waals surface area contributed by atoms with Gasteiger partial charge in [-0.3, -0.25) is 14.5 Å². The van der Waals surface area contributed by atoms with E-state index in [0.717, 1.165) is 6.07 Å². The van der Waals surface area contributed by atoms with Crippen molar-refractivity contribution in [1.29, 1.82) is 0 Å². The molecule has 2 aromatic carbocycles. The Hall–Kier alpha value is -3.52. The van der Waals surface area contributed by atoms with E-state index in [-0.39, 0.29) is 28.7 Å². The van der Waals surface area contributed by atoms with Gasteiger partial charge in [0.05, 0.1) is 19.2 Å². The second-order valence-corrected chi connectivity index (χ2v) is 6.97. The highest BCUT2D eigenvalue weighted by atomic mass is 35.5. The normalized spacial score (nSPS) is 10.5. The molecule has 9 heteroatoms. The summed E-state index contributed by atoms with van der Waals surface area (Å²) in [5.74, 6) is -1.47. The number of anilines is 3. The zero-order chi connectivity index (χ0) is 22.5. The van der Waals surface area contributed by atoms with Crippen molar-refractivity contribution >= 4 is 40.6 Å². The van der Waals surface area contributed by atoms with Crippen LogP contribution in [0.1, 0.15) is 12.5 Å². The maximum Gasteiger partial charge on any atom is 0.229 e. The van der Waals surface area contributed by atoms with Gasteiger partial charge >= 0.3 is 0 Å². The first-order chi connectivity index (χ1) is 14.8. The number of hydrogen-bond donors (Lipinski definition) is 1. The van der Waals surface area contributed by atoms with Crippen LogP contribution in [-0.2, 0) is 16.0 Å². The number of nitrogens with one attached hydrogen (secondary N) is 1. The minimum Gasteiger partial charge on any atom is -0.497 e. The Bertz CT molecular complexity index is 1140. The number of methoxy groups -OCH3 is 1. The molecule has 0 saturated carbocycles. The van der Waals surface area contributed by atoms with Crippen molar-refractivity contribution in [2.45, 2.75) is 13.3 Å². The Kier molecular flexibility index (Phi) is 6.81. The Morgan fingerprint density at radius 1 is 1.10 bits per heavy atom. The second-order valence-electron chi connectivity index (χ2n) is 6.57. The number of aromatic nitrogens is 1. The van der Waals surface area contributed by atoms with Crippen LogP contribution in [-0.4, -0.2) is 23.9 Å². The lowest BCUT2D eigenvalue weighted by Crippen LogP contribution is -2.24. The van der Waals surface area contributed by atoms with Crippen LogP contribution in [0, 0.1) is 11.6 Å². The zero-order valence-corrected chi connectivity index (χ0v) is 17.4. The highest BCUT2D eigenvalue weighted by molar-refractivity contribution is 6.31. The van der Waals surface area contributed by atoms with Crippen LogP contribution in [0.5, 0.6) is 5.75 Å². The van der Waals surface area contributed by atoms with Gasteiger partial charge in [0.15, 0.2) is 0 Å². The monoisotopic (exact) mass is 445 g/mol. The topological polar surface area (TPSA) is 71.5 Å². The number of halogens is 3. The summed E-state index contributed by atoms with van der Waals surface area (Å²) in [7, 11) is 1.39. The average molecular weight is 446 g/mol. The molecule has 0 aliphatic rings. The van der Waals surface area contributed by atoms with Crippen LogP contribution in [0.4, 0.5) is 26.0 Å². The lowest BCUT2D eigenvalue weighted by Gasteiger charge is -2.21. The van der Waals surface area contributed by atoms with Crippen molar-refractivity contribution in [2.75, 3.05) is 17.3 Å². The second kappa shape index (κ2) is 9.53. The fraction of sp³-hybridized carbons (Fsp3) is 0.136. The van der Waals surface area contributed by atoms with Crippen LogP contribution in [0.25, 0.3) is 0 Å². The number of benzene rings is 2. The van der Waals surface area contributed by atoms with Crippen LogP contribution >= 0.6 is 11.6 Å². The van der Waals surface area contributed by atoms with Gasteiger partial charge in [0.1, 0.15) is 23.2 Å². The van der Waals surface area contributed by atoms with Crippen LogP contribution < -0.4 is 15.0 Å². The first-order valence-electron chi connectivity index (χ1n) is 9.12.